The number of hydrogen-bond donors (Lipinski definition) is 3. The maximum atomic E-state index is 10.6. The van der Waals surface area contributed by atoms with Crippen molar-refractivity contribution in [1.29, 1.82) is 0 Å². The van der Waals surface area contributed by atoms with Crippen LogP contribution in [0.5, 0.6) is 0 Å². The molecule has 1 unspecified atom stereocenters. The SMILES string of the molecule is NC(Cc1ccccc1)C(=O)O.O=C(O)C(F)(F)F. The van der Waals surface area contributed by atoms with Crippen LogP contribution in [0.1, 0.15) is 5.56 Å². The van der Waals surface area contributed by atoms with E-state index in [4.69, 9.17) is 20.7 Å². The van der Waals surface area contributed by atoms with Crippen LogP contribution in [0, 0.1) is 0 Å². The van der Waals surface area contributed by atoms with Crippen LogP contribution in [-0.2, 0) is 16.0 Å². The number of rotatable bonds is 3. The Hall–Kier alpha value is -2.09. The molecule has 0 amide bonds. The highest BCUT2D eigenvalue weighted by Gasteiger charge is 2.38. The van der Waals surface area contributed by atoms with E-state index in [-0.39, 0.29) is 0 Å². The molecule has 4 N–H and O–H groups in total. The Morgan fingerprint density at radius 2 is 1.58 bits per heavy atom. The van der Waals surface area contributed by atoms with E-state index < -0.39 is 24.2 Å². The number of hydrogen-bond acceptors (Lipinski definition) is 3. The van der Waals surface area contributed by atoms with Gasteiger partial charge in [-0.15, -0.1) is 0 Å². The third kappa shape index (κ3) is 7.77. The zero-order chi connectivity index (χ0) is 15.1. The summed E-state index contributed by atoms with van der Waals surface area (Å²) >= 11 is 0. The first kappa shape index (κ1) is 16.9. The molecule has 0 aliphatic rings. The molecule has 5 nitrogen and oxygen atoms in total. The van der Waals surface area contributed by atoms with Crippen molar-refractivity contribution in [1.82, 2.24) is 0 Å². The fourth-order valence-electron chi connectivity index (χ4n) is 0.955. The lowest BCUT2D eigenvalue weighted by Crippen LogP contribution is -2.32. The second-order valence-electron chi connectivity index (χ2n) is 3.44. The van der Waals surface area contributed by atoms with E-state index in [2.05, 4.69) is 0 Å². The first-order valence-corrected chi connectivity index (χ1v) is 4.97. The minimum Gasteiger partial charge on any atom is -0.480 e. The fourth-order valence-corrected chi connectivity index (χ4v) is 0.955. The van der Waals surface area contributed by atoms with E-state index in [1.165, 1.54) is 0 Å². The molecule has 19 heavy (non-hydrogen) atoms. The molecule has 0 aliphatic heterocycles. The molecule has 0 aliphatic carbocycles. The van der Waals surface area contributed by atoms with Gasteiger partial charge in [-0.3, -0.25) is 4.79 Å². The number of nitrogens with two attached hydrogens (primary N) is 1. The van der Waals surface area contributed by atoms with Crippen molar-refractivity contribution in [3.8, 4) is 0 Å². The average Bonchev–Trinajstić information content (AvgIpc) is 2.29. The molecule has 1 aromatic carbocycles. The standard InChI is InChI=1S/C9H11NO2.C2HF3O2/c10-8(9(11)12)6-7-4-2-1-3-5-7;3-2(4,5)1(6)7/h1-5,8H,6,10H2,(H,11,12);(H,6,7). The van der Waals surface area contributed by atoms with E-state index in [1.54, 1.807) is 0 Å². The van der Waals surface area contributed by atoms with Gasteiger partial charge in [0.1, 0.15) is 6.04 Å². The van der Waals surface area contributed by atoms with Crippen molar-refractivity contribution in [3.05, 3.63) is 35.9 Å². The summed E-state index contributed by atoms with van der Waals surface area (Å²) in [5, 5.41) is 15.6. The number of carboxylic acid groups (broad SMARTS) is 2. The molecule has 0 saturated heterocycles. The Morgan fingerprint density at radius 1 is 1.16 bits per heavy atom. The average molecular weight is 279 g/mol. The molecular weight excluding hydrogens is 267 g/mol. The summed E-state index contributed by atoms with van der Waals surface area (Å²) < 4.78 is 31.7. The number of aliphatic carboxylic acids is 2. The van der Waals surface area contributed by atoms with E-state index in [1.807, 2.05) is 30.3 Å². The van der Waals surface area contributed by atoms with Gasteiger partial charge in [-0.2, -0.15) is 13.2 Å². The Bertz CT molecular complexity index is 420. The Morgan fingerprint density at radius 3 is 1.89 bits per heavy atom. The van der Waals surface area contributed by atoms with Crippen LogP contribution < -0.4 is 5.73 Å². The van der Waals surface area contributed by atoms with Crippen molar-refractivity contribution < 1.29 is 33.0 Å². The van der Waals surface area contributed by atoms with Gasteiger partial charge in [-0.25, -0.2) is 4.79 Å². The van der Waals surface area contributed by atoms with Crippen LogP contribution in [0.4, 0.5) is 13.2 Å². The predicted molar refractivity (Wildman–Crippen MR) is 59.4 cm³/mol. The number of benzene rings is 1. The number of halogens is 3. The minimum atomic E-state index is -5.08. The van der Waals surface area contributed by atoms with Crippen LogP contribution >= 0.6 is 0 Å². The summed E-state index contributed by atoms with van der Waals surface area (Å²) in [6, 6.07) is 8.54. The van der Waals surface area contributed by atoms with Crippen molar-refractivity contribution in [3.63, 3.8) is 0 Å². The molecule has 1 aromatic rings. The predicted octanol–water partition coefficient (Wildman–Crippen LogP) is 1.27. The van der Waals surface area contributed by atoms with E-state index in [0.29, 0.717) is 6.42 Å². The van der Waals surface area contributed by atoms with Crippen molar-refractivity contribution in [2.45, 2.75) is 18.6 Å². The molecule has 0 bridgehead atoms. The molecule has 0 radical (unpaired) electrons. The Labute approximate surface area is 106 Å². The zero-order valence-electron chi connectivity index (χ0n) is 9.59. The highest BCUT2D eigenvalue weighted by atomic mass is 19.4. The fraction of sp³-hybridized carbons (Fsp3) is 0.273. The quantitative estimate of drug-likeness (QED) is 0.773. The Balaban J connectivity index is 0.000000399. The smallest absolute Gasteiger partial charge is 0.480 e. The molecule has 0 spiro atoms. The first-order chi connectivity index (χ1) is 8.64. The molecular formula is C11H12F3NO4. The Kier molecular flexibility index (Phi) is 6.56. The molecule has 106 valence electrons. The van der Waals surface area contributed by atoms with Crippen molar-refractivity contribution in [2.24, 2.45) is 5.73 Å². The summed E-state index contributed by atoms with van der Waals surface area (Å²) in [5.41, 5.74) is 6.30. The largest absolute Gasteiger partial charge is 0.490 e. The van der Waals surface area contributed by atoms with Gasteiger partial charge in [0.2, 0.25) is 0 Å². The van der Waals surface area contributed by atoms with Crippen LogP contribution in [0.25, 0.3) is 0 Å². The molecule has 0 aromatic heterocycles. The molecule has 8 heteroatoms. The highest BCUT2D eigenvalue weighted by molar-refractivity contribution is 5.73. The van der Waals surface area contributed by atoms with Crippen LogP contribution in [0.2, 0.25) is 0 Å². The van der Waals surface area contributed by atoms with Gasteiger partial charge in [-0.05, 0) is 12.0 Å². The number of carboxylic acids is 2. The molecule has 1 rings (SSSR count). The highest BCUT2D eigenvalue weighted by Crippen LogP contribution is 2.13. The topological polar surface area (TPSA) is 101 Å². The van der Waals surface area contributed by atoms with Crippen LogP contribution in [0.3, 0.4) is 0 Å². The number of carbonyl (C=O) groups is 2. The monoisotopic (exact) mass is 279 g/mol. The summed E-state index contributed by atoms with van der Waals surface area (Å²) in [7, 11) is 0. The second kappa shape index (κ2) is 7.37. The molecule has 0 saturated carbocycles. The van der Waals surface area contributed by atoms with Gasteiger partial charge in [0.25, 0.3) is 0 Å². The van der Waals surface area contributed by atoms with E-state index in [9.17, 15) is 18.0 Å². The third-order valence-electron chi connectivity index (χ3n) is 1.86. The zero-order valence-corrected chi connectivity index (χ0v) is 9.59. The molecule has 0 heterocycles. The third-order valence-corrected chi connectivity index (χ3v) is 1.86. The minimum absolute atomic E-state index is 0.385. The second-order valence-corrected chi connectivity index (χ2v) is 3.44. The first-order valence-electron chi connectivity index (χ1n) is 4.97. The van der Waals surface area contributed by atoms with E-state index >= 15 is 0 Å². The molecule has 0 fully saturated rings. The maximum Gasteiger partial charge on any atom is 0.490 e. The van der Waals surface area contributed by atoms with Gasteiger partial charge >= 0.3 is 18.1 Å². The van der Waals surface area contributed by atoms with Gasteiger partial charge in [-0.1, -0.05) is 30.3 Å². The van der Waals surface area contributed by atoms with Crippen molar-refractivity contribution in [2.75, 3.05) is 0 Å². The summed E-state index contributed by atoms with van der Waals surface area (Å²) in [4.78, 5) is 19.3. The van der Waals surface area contributed by atoms with Gasteiger partial charge < -0.3 is 15.9 Å². The summed E-state index contributed by atoms with van der Waals surface area (Å²) in [6.45, 7) is 0. The lowest BCUT2D eigenvalue weighted by atomic mass is 10.1. The van der Waals surface area contributed by atoms with Crippen molar-refractivity contribution >= 4 is 11.9 Å². The van der Waals surface area contributed by atoms with Gasteiger partial charge in [0, 0.05) is 0 Å². The lowest BCUT2D eigenvalue weighted by Gasteiger charge is -2.04. The maximum absolute atomic E-state index is 10.6. The summed E-state index contributed by atoms with van der Waals surface area (Å²) in [5.74, 6) is -3.72. The normalized spacial score (nSPS) is 12.0. The summed E-state index contributed by atoms with van der Waals surface area (Å²) in [6.07, 6.45) is -4.70. The lowest BCUT2D eigenvalue weighted by molar-refractivity contribution is -0.192. The van der Waals surface area contributed by atoms with Gasteiger partial charge in [0.05, 0.1) is 0 Å². The molecule has 1 atom stereocenters. The van der Waals surface area contributed by atoms with E-state index in [0.717, 1.165) is 5.56 Å². The number of alkyl halides is 3. The van der Waals surface area contributed by atoms with Crippen LogP contribution in [0.15, 0.2) is 30.3 Å². The van der Waals surface area contributed by atoms with Crippen LogP contribution in [-0.4, -0.2) is 34.4 Å². The van der Waals surface area contributed by atoms with Gasteiger partial charge in [0.15, 0.2) is 0 Å².